The molecule has 3 rings (SSSR count). The van der Waals surface area contributed by atoms with Gasteiger partial charge in [0.1, 0.15) is 5.75 Å². The maximum atomic E-state index is 5.72. The van der Waals surface area contributed by atoms with Crippen molar-refractivity contribution in [1.82, 2.24) is 0 Å². The van der Waals surface area contributed by atoms with Crippen LogP contribution in [0.1, 0.15) is 0 Å². The van der Waals surface area contributed by atoms with E-state index in [-0.39, 0.29) is 0 Å². The van der Waals surface area contributed by atoms with Crippen LogP contribution in [0, 0.1) is 0 Å². The van der Waals surface area contributed by atoms with Gasteiger partial charge in [-0.05, 0) is 35.4 Å². The normalized spacial score (nSPS) is 10.4. The van der Waals surface area contributed by atoms with Crippen molar-refractivity contribution >= 4 is 5.69 Å². The summed E-state index contributed by atoms with van der Waals surface area (Å²) in [5.41, 5.74) is 10.8. The minimum atomic E-state index is 0.753. The Hall–Kier alpha value is -2.68. The van der Waals surface area contributed by atoms with Gasteiger partial charge in [0.2, 0.25) is 0 Å². The molecule has 1 aromatic heterocycles. The van der Waals surface area contributed by atoms with E-state index in [4.69, 9.17) is 14.9 Å². The molecule has 0 aliphatic carbocycles. The summed E-state index contributed by atoms with van der Waals surface area (Å²) in [5, 5.41) is 0. The number of benzene rings is 2. The van der Waals surface area contributed by atoms with Crippen LogP contribution < -0.4 is 10.5 Å². The average molecular weight is 265 g/mol. The van der Waals surface area contributed by atoms with Gasteiger partial charge in [-0.3, -0.25) is 0 Å². The summed E-state index contributed by atoms with van der Waals surface area (Å²) >= 11 is 0. The Morgan fingerprint density at radius 1 is 0.800 bits per heavy atom. The van der Waals surface area contributed by atoms with Gasteiger partial charge in [-0.25, -0.2) is 0 Å². The second-order valence-corrected chi connectivity index (χ2v) is 4.55. The largest absolute Gasteiger partial charge is 0.497 e. The van der Waals surface area contributed by atoms with Gasteiger partial charge in [0, 0.05) is 16.8 Å². The van der Waals surface area contributed by atoms with Crippen LogP contribution in [0.2, 0.25) is 0 Å². The van der Waals surface area contributed by atoms with E-state index in [0.717, 1.165) is 33.7 Å². The van der Waals surface area contributed by atoms with Gasteiger partial charge < -0.3 is 14.9 Å². The molecule has 0 atom stereocenters. The lowest BCUT2D eigenvalue weighted by atomic mass is 9.99. The van der Waals surface area contributed by atoms with Crippen molar-refractivity contribution in [3.8, 4) is 28.0 Å². The van der Waals surface area contributed by atoms with Crippen molar-refractivity contribution in [3.63, 3.8) is 0 Å². The number of ether oxygens (including phenoxy) is 1. The zero-order valence-corrected chi connectivity index (χ0v) is 11.2. The lowest BCUT2D eigenvalue weighted by Crippen LogP contribution is -1.85. The van der Waals surface area contributed by atoms with Gasteiger partial charge in [-0.15, -0.1) is 0 Å². The van der Waals surface area contributed by atoms with Crippen molar-refractivity contribution in [1.29, 1.82) is 0 Å². The van der Waals surface area contributed by atoms with Crippen LogP contribution >= 0.6 is 0 Å². The van der Waals surface area contributed by atoms with E-state index in [0.29, 0.717) is 0 Å². The second kappa shape index (κ2) is 5.13. The highest BCUT2D eigenvalue weighted by atomic mass is 16.5. The number of hydrogen-bond donors (Lipinski definition) is 1. The highest BCUT2D eigenvalue weighted by Gasteiger charge is 2.10. The Balaban J connectivity index is 2.02. The topological polar surface area (TPSA) is 48.4 Å². The van der Waals surface area contributed by atoms with Gasteiger partial charge in [0.25, 0.3) is 0 Å². The molecular weight excluding hydrogens is 250 g/mol. The molecule has 0 amide bonds. The summed E-state index contributed by atoms with van der Waals surface area (Å²) in [7, 11) is 1.66. The Morgan fingerprint density at radius 2 is 1.30 bits per heavy atom. The first-order valence-electron chi connectivity index (χ1n) is 6.34. The van der Waals surface area contributed by atoms with Crippen molar-refractivity contribution in [2.45, 2.75) is 0 Å². The van der Waals surface area contributed by atoms with Gasteiger partial charge in [-0.1, -0.05) is 24.3 Å². The lowest BCUT2D eigenvalue weighted by Gasteiger charge is -2.05. The maximum Gasteiger partial charge on any atom is 0.118 e. The van der Waals surface area contributed by atoms with Crippen LogP contribution in [0.25, 0.3) is 22.3 Å². The molecule has 0 saturated carbocycles. The molecule has 100 valence electrons. The van der Waals surface area contributed by atoms with Crippen molar-refractivity contribution in [3.05, 3.63) is 61.1 Å². The molecule has 0 aliphatic rings. The number of nitrogens with two attached hydrogens (primary N) is 1. The summed E-state index contributed by atoms with van der Waals surface area (Å²) in [6.07, 6.45) is 3.51. The van der Waals surface area contributed by atoms with E-state index in [9.17, 15) is 0 Å². The SMILES string of the molecule is COc1ccc(-c2cocc2-c2ccc(N)cc2)cc1. The monoisotopic (exact) mass is 265 g/mol. The molecule has 2 N–H and O–H groups in total. The quantitative estimate of drug-likeness (QED) is 0.722. The van der Waals surface area contributed by atoms with Gasteiger partial charge in [0.05, 0.1) is 19.6 Å². The first-order chi connectivity index (χ1) is 9.78. The molecule has 0 saturated heterocycles. The Kier molecular flexibility index (Phi) is 3.17. The third kappa shape index (κ3) is 2.26. The highest BCUT2D eigenvalue weighted by Crippen LogP contribution is 2.34. The number of anilines is 1. The zero-order chi connectivity index (χ0) is 13.9. The summed E-state index contributed by atoms with van der Waals surface area (Å²) < 4.78 is 10.6. The van der Waals surface area contributed by atoms with Crippen LogP contribution in [0.5, 0.6) is 5.75 Å². The predicted octanol–water partition coefficient (Wildman–Crippen LogP) is 4.20. The third-order valence-corrected chi connectivity index (χ3v) is 3.28. The minimum absolute atomic E-state index is 0.753. The summed E-state index contributed by atoms with van der Waals surface area (Å²) in [5.74, 6) is 0.839. The number of rotatable bonds is 3. The number of nitrogen functional groups attached to an aromatic ring is 1. The summed E-state index contributed by atoms with van der Waals surface area (Å²) in [6.45, 7) is 0. The van der Waals surface area contributed by atoms with Gasteiger partial charge in [0.15, 0.2) is 0 Å². The van der Waals surface area contributed by atoms with E-state index in [1.165, 1.54) is 0 Å². The van der Waals surface area contributed by atoms with E-state index >= 15 is 0 Å². The molecule has 20 heavy (non-hydrogen) atoms. The van der Waals surface area contributed by atoms with Gasteiger partial charge >= 0.3 is 0 Å². The second-order valence-electron chi connectivity index (χ2n) is 4.55. The molecular formula is C17H15NO2. The zero-order valence-electron chi connectivity index (χ0n) is 11.2. The summed E-state index contributed by atoms with van der Waals surface area (Å²) in [6, 6.07) is 15.7. The van der Waals surface area contributed by atoms with Crippen LogP contribution in [0.3, 0.4) is 0 Å². The fourth-order valence-electron chi connectivity index (χ4n) is 2.18. The Morgan fingerprint density at radius 3 is 1.80 bits per heavy atom. The van der Waals surface area contributed by atoms with Crippen LogP contribution in [-0.4, -0.2) is 7.11 Å². The van der Waals surface area contributed by atoms with E-state index < -0.39 is 0 Å². The first kappa shape index (κ1) is 12.4. The smallest absolute Gasteiger partial charge is 0.118 e. The molecule has 0 unspecified atom stereocenters. The first-order valence-corrected chi connectivity index (χ1v) is 6.34. The van der Waals surface area contributed by atoms with E-state index in [1.54, 1.807) is 19.6 Å². The van der Waals surface area contributed by atoms with Crippen LogP contribution in [-0.2, 0) is 0 Å². The molecule has 0 radical (unpaired) electrons. The van der Waals surface area contributed by atoms with Crippen molar-refractivity contribution < 1.29 is 9.15 Å². The van der Waals surface area contributed by atoms with Gasteiger partial charge in [-0.2, -0.15) is 0 Å². The fourth-order valence-corrected chi connectivity index (χ4v) is 2.18. The molecule has 0 bridgehead atoms. The number of hydrogen-bond acceptors (Lipinski definition) is 3. The number of furan rings is 1. The average Bonchev–Trinajstić information content (AvgIpc) is 2.97. The molecule has 2 aromatic carbocycles. The molecule has 1 heterocycles. The molecule has 0 fully saturated rings. The molecule has 3 aromatic rings. The van der Waals surface area contributed by atoms with E-state index in [2.05, 4.69) is 0 Å². The summed E-state index contributed by atoms with van der Waals surface area (Å²) in [4.78, 5) is 0. The Labute approximate surface area is 117 Å². The predicted molar refractivity (Wildman–Crippen MR) is 80.5 cm³/mol. The third-order valence-electron chi connectivity index (χ3n) is 3.28. The maximum absolute atomic E-state index is 5.72. The Bertz CT molecular complexity index is 697. The lowest BCUT2D eigenvalue weighted by molar-refractivity contribution is 0.415. The van der Waals surface area contributed by atoms with Crippen molar-refractivity contribution in [2.75, 3.05) is 12.8 Å². The number of methoxy groups -OCH3 is 1. The molecule has 0 spiro atoms. The molecule has 3 nitrogen and oxygen atoms in total. The highest BCUT2D eigenvalue weighted by molar-refractivity contribution is 5.83. The minimum Gasteiger partial charge on any atom is -0.497 e. The van der Waals surface area contributed by atoms with Crippen LogP contribution in [0.15, 0.2) is 65.5 Å². The van der Waals surface area contributed by atoms with E-state index in [1.807, 2.05) is 48.5 Å². The van der Waals surface area contributed by atoms with Crippen molar-refractivity contribution in [2.24, 2.45) is 0 Å². The molecule has 0 aliphatic heterocycles. The van der Waals surface area contributed by atoms with Crippen LogP contribution in [0.4, 0.5) is 5.69 Å². The standard InChI is InChI=1S/C17H15NO2/c1-19-15-8-4-13(5-9-15)17-11-20-10-16(17)12-2-6-14(18)7-3-12/h2-11H,18H2,1H3. The molecule has 3 heteroatoms. The fraction of sp³-hybridized carbons (Fsp3) is 0.0588.